The first-order valence-electron chi connectivity index (χ1n) is 5.92. The minimum Gasteiger partial charge on any atom is -0.478 e. The van der Waals surface area contributed by atoms with Gasteiger partial charge in [-0.2, -0.15) is 0 Å². The molecule has 0 saturated carbocycles. The Labute approximate surface area is 111 Å². The molecule has 5 heteroatoms. The summed E-state index contributed by atoms with van der Waals surface area (Å²) in [5.41, 5.74) is 3.75. The normalized spacial score (nSPS) is 10.5. The molecule has 0 aliphatic carbocycles. The number of nitrogens with zero attached hydrogens (tertiary/aromatic N) is 3. The van der Waals surface area contributed by atoms with Crippen molar-refractivity contribution in [2.75, 3.05) is 0 Å². The van der Waals surface area contributed by atoms with Crippen LogP contribution < -0.4 is 0 Å². The summed E-state index contributed by atoms with van der Waals surface area (Å²) in [6.45, 7) is 7.18. The van der Waals surface area contributed by atoms with Crippen molar-refractivity contribution >= 4 is 5.97 Å². The number of aryl methyl sites for hydroxylation is 4. The molecule has 0 radical (unpaired) electrons. The van der Waals surface area contributed by atoms with Crippen molar-refractivity contribution in [3.63, 3.8) is 0 Å². The predicted octanol–water partition coefficient (Wildman–Crippen LogP) is 2.47. The monoisotopic (exact) mass is 257 g/mol. The second kappa shape index (κ2) is 4.76. The van der Waals surface area contributed by atoms with Crippen LogP contribution in [0.4, 0.5) is 0 Å². The van der Waals surface area contributed by atoms with Gasteiger partial charge in [-0.25, -0.2) is 14.8 Å². The molecule has 0 saturated heterocycles. The van der Waals surface area contributed by atoms with Crippen LogP contribution >= 0.6 is 0 Å². The van der Waals surface area contributed by atoms with Gasteiger partial charge in [-0.3, -0.25) is 4.98 Å². The summed E-state index contributed by atoms with van der Waals surface area (Å²) < 4.78 is 0. The zero-order chi connectivity index (χ0) is 14.2. The molecule has 0 aromatic carbocycles. The molecule has 19 heavy (non-hydrogen) atoms. The Balaban J connectivity index is 2.61. The fraction of sp³-hybridized carbons (Fsp3) is 0.286. The number of rotatable bonds is 2. The number of carboxylic acid groups (broad SMARTS) is 1. The maximum Gasteiger partial charge on any atom is 0.339 e. The molecular formula is C14H15N3O2. The molecule has 0 unspecified atom stereocenters. The van der Waals surface area contributed by atoms with E-state index in [1.54, 1.807) is 13.8 Å². The second-order valence-electron chi connectivity index (χ2n) is 4.54. The number of hydrogen-bond donors (Lipinski definition) is 1. The third-order valence-corrected chi connectivity index (χ3v) is 2.82. The smallest absolute Gasteiger partial charge is 0.339 e. The van der Waals surface area contributed by atoms with Crippen molar-refractivity contribution in [2.24, 2.45) is 0 Å². The number of pyridine rings is 1. The summed E-state index contributed by atoms with van der Waals surface area (Å²) in [7, 11) is 0. The lowest BCUT2D eigenvalue weighted by atomic mass is 10.1. The Morgan fingerprint density at radius 2 is 1.42 bits per heavy atom. The summed E-state index contributed by atoms with van der Waals surface area (Å²) in [6.07, 6.45) is 0. The van der Waals surface area contributed by atoms with Gasteiger partial charge in [0.15, 0.2) is 5.82 Å². The molecular weight excluding hydrogens is 242 g/mol. The van der Waals surface area contributed by atoms with Crippen molar-refractivity contribution in [3.05, 3.63) is 40.5 Å². The van der Waals surface area contributed by atoms with Crippen LogP contribution in [0.3, 0.4) is 0 Å². The lowest BCUT2D eigenvalue weighted by Gasteiger charge is -2.08. The largest absolute Gasteiger partial charge is 0.478 e. The van der Waals surface area contributed by atoms with Crippen molar-refractivity contribution in [1.82, 2.24) is 15.0 Å². The minimum atomic E-state index is -0.997. The maximum absolute atomic E-state index is 11.1. The van der Waals surface area contributed by atoms with E-state index in [1.165, 1.54) is 0 Å². The minimum absolute atomic E-state index is 0.172. The Morgan fingerprint density at radius 3 is 1.84 bits per heavy atom. The number of hydrogen-bond acceptors (Lipinski definition) is 4. The first-order valence-corrected chi connectivity index (χ1v) is 5.92. The number of aromatic nitrogens is 3. The molecule has 0 fully saturated rings. The standard InChI is InChI=1S/C14H15N3O2/c1-7-5-11(6-8(2)15-7)13-16-9(3)12(14(18)19)10(4)17-13/h5-6H,1-4H3,(H,18,19). The van der Waals surface area contributed by atoms with Crippen LogP contribution in [0, 0.1) is 27.7 Å². The molecule has 2 aromatic heterocycles. The van der Waals surface area contributed by atoms with E-state index in [9.17, 15) is 4.79 Å². The summed E-state index contributed by atoms with van der Waals surface area (Å²) in [5, 5.41) is 9.11. The highest BCUT2D eigenvalue weighted by Gasteiger charge is 2.15. The SMILES string of the molecule is Cc1cc(-c2nc(C)c(C(=O)O)c(C)n2)cc(C)n1. The predicted molar refractivity (Wildman–Crippen MR) is 71.2 cm³/mol. The second-order valence-corrected chi connectivity index (χ2v) is 4.54. The Morgan fingerprint density at radius 1 is 0.947 bits per heavy atom. The first kappa shape index (κ1) is 13.1. The van der Waals surface area contributed by atoms with E-state index in [0.29, 0.717) is 17.2 Å². The Kier molecular flexibility index (Phi) is 3.29. The summed E-state index contributed by atoms with van der Waals surface area (Å²) >= 11 is 0. The molecule has 0 aliphatic heterocycles. The van der Waals surface area contributed by atoms with E-state index in [2.05, 4.69) is 15.0 Å². The van der Waals surface area contributed by atoms with Crippen LogP contribution in [-0.4, -0.2) is 26.0 Å². The van der Waals surface area contributed by atoms with Gasteiger partial charge in [-0.1, -0.05) is 0 Å². The Bertz CT molecular complexity index is 622. The zero-order valence-corrected chi connectivity index (χ0v) is 11.4. The fourth-order valence-electron chi connectivity index (χ4n) is 2.12. The van der Waals surface area contributed by atoms with Crippen LogP contribution in [0.5, 0.6) is 0 Å². The summed E-state index contributed by atoms with van der Waals surface area (Å²) in [4.78, 5) is 24.0. The summed E-state index contributed by atoms with van der Waals surface area (Å²) in [6, 6.07) is 3.78. The average Bonchev–Trinajstić information content (AvgIpc) is 2.25. The highest BCUT2D eigenvalue weighted by atomic mass is 16.4. The quantitative estimate of drug-likeness (QED) is 0.894. The van der Waals surface area contributed by atoms with E-state index in [4.69, 9.17) is 5.11 Å². The van der Waals surface area contributed by atoms with Crippen LogP contribution in [0.1, 0.15) is 33.1 Å². The molecule has 0 aliphatic rings. The van der Waals surface area contributed by atoms with E-state index >= 15 is 0 Å². The maximum atomic E-state index is 11.1. The molecule has 0 spiro atoms. The number of carboxylic acids is 1. The zero-order valence-electron chi connectivity index (χ0n) is 11.4. The molecule has 1 N–H and O–H groups in total. The highest BCUT2D eigenvalue weighted by molar-refractivity contribution is 5.90. The van der Waals surface area contributed by atoms with Gasteiger partial charge in [0.05, 0.1) is 11.4 Å². The van der Waals surface area contributed by atoms with Crippen LogP contribution in [-0.2, 0) is 0 Å². The molecule has 0 amide bonds. The van der Waals surface area contributed by atoms with Crippen molar-refractivity contribution < 1.29 is 9.90 Å². The number of carbonyl (C=O) groups is 1. The summed E-state index contributed by atoms with van der Waals surface area (Å²) in [5.74, 6) is -0.461. The van der Waals surface area contributed by atoms with E-state index in [0.717, 1.165) is 17.0 Å². The van der Waals surface area contributed by atoms with Crippen LogP contribution in [0.25, 0.3) is 11.4 Å². The third-order valence-electron chi connectivity index (χ3n) is 2.82. The molecule has 2 heterocycles. The van der Waals surface area contributed by atoms with E-state index < -0.39 is 5.97 Å². The van der Waals surface area contributed by atoms with Gasteiger partial charge in [0.25, 0.3) is 0 Å². The number of aromatic carboxylic acids is 1. The van der Waals surface area contributed by atoms with Crippen LogP contribution in [0.2, 0.25) is 0 Å². The lowest BCUT2D eigenvalue weighted by molar-refractivity contribution is 0.0694. The fourth-order valence-corrected chi connectivity index (χ4v) is 2.12. The van der Waals surface area contributed by atoms with Crippen molar-refractivity contribution in [2.45, 2.75) is 27.7 Å². The third kappa shape index (κ3) is 2.59. The van der Waals surface area contributed by atoms with E-state index in [1.807, 2.05) is 26.0 Å². The van der Waals surface area contributed by atoms with Gasteiger partial charge in [-0.15, -0.1) is 0 Å². The van der Waals surface area contributed by atoms with Crippen molar-refractivity contribution in [1.29, 1.82) is 0 Å². The average molecular weight is 257 g/mol. The molecule has 2 rings (SSSR count). The van der Waals surface area contributed by atoms with E-state index in [-0.39, 0.29) is 5.56 Å². The molecule has 0 atom stereocenters. The topological polar surface area (TPSA) is 76.0 Å². The van der Waals surface area contributed by atoms with Crippen LogP contribution in [0.15, 0.2) is 12.1 Å². The highest BCUT2D eigenvalue weighted by Crippen LogP contribution is 2.20. The molecule has 2 aromatic rings. The first-order chi connectivity index (χ1) is 8.88. The van der Waals surface area contributed by atoms with Gasteiger partial charge in [0.1, 0.15) is 5.56 Å². The van der Waals surface area contributed by atoms with Crippen molar-refractivity contribution in [3.8, 4) is 11.4 Å². The Hall–Kier alpha value is -2.30. The van der Waals surface area contributed by atoms with Gasteiger partial charge >= 0.3 is 5.97 Å². The van der Waals surface area contributed by atoms with Gasteiger partial charge < -0.3 is 5.11 Å². The molecule has 5 nitrogen and oxygen atoms in total. The molecule has 0 bridgehead atoms. The van der Waals surface area contributed by atoms with Gasteiger partial charge in [0, 0.05) is 17.0 Å². The lowest BCUT2D eigenvalue weighted by Crippen LogP contribution is -2.08. The van der Waals surface area contributed by atoms with Gasteiger partial charge in [0.2, 0.25) is 0 Å². The molecule has 98 valence electrons. The van der Waals surface area contributed by atoms with Gasteiger partial charge in [-0.05, 0) is 39.8 Å².